The molecule has 0 spiro atoms. The molecule has 0 aliphatic heterocycles. The lowest BCUT2D eigenvalue weighted by Gasteiger charge is -2.15. The smallest absolute Gasteiger partial charge is 0.341 e. The highest BCUT2D eigenvalue weighted by atomic mass is 32.2. The Bertz CT molecular complexity index is 907. The monoisotopic (exact) mass is 376 g/mol. The molecule has 2 rings (SSSR count). The van der Waals surface area contributed by atoms with E-state index < -0.39 is 28.0 Å². The minimum atomic E-state index is -3.56. The third kappa shape index (κ3) is 5.59. The zero-order valence-corrected chi connectivity index (χ0v) is 15.5. The first-order valence-corrected chi connectivity index (χ1v) is 9.70. The lowest BCUT2D eigenvalue weighted by atomic mass is 10.2. The third-order valence-corrected chi connectivity index (χ3v) is 4.01. The van der Waals surface area contributed by atoms with Crippen LogP contribution in [0.1, 0.15) is 22.8 Å². The van der Waals surface area contributed by atoms with Crippen LogP contribution >= 0.6 is 0 Å². The number of carbonyl (C=O) groups is 2. The number of amides is 1. The molecule has 0 aromatic heterocycles. The zero-order chi connectivity index (χ0) is 19.3. The topological polar surface area (TPSA) is 102 Å². The van der Waals surface area contributed by atoms with Gasteiger partial charge in [0.15, 0.2) is 6.10 Å². The number of rotatable bonds is 6. The van der Waals surface area contributed by atoms with Crippen LogP contribution in [0.3, 0.4) is 0 Å². The molecule has 138 valence electrons. The van der Waals surface area contributed by atoms with Crippen LogP contribution in [0.4, 0.5) is 11.4 Å². The van der Waals surface area contributed by atoms with Crippen molar-refractivity contribution in [1.82, 2.24) is 0 Å². The SMILES string of the molecule is Cc1ccc(NC(=O)[C@H](C)OC(=O)c2ccccc2NS(C)(=O)=O)cc1. The number of carbonyl (C=O) groups excluding carboxylic acids is 2. The molecule has 0 unspecified atom stereocenters. The van der Waals surface area contributed by atoms with Gasteiger partial charge in [0.25, 0.3) is 5.91 Å². The molecule has 2 aromatic carbocycles. The van der Waals surface area contributed by atoms with E-state index in [1.54, 1.807) is 24.3 Å². The molecular formula is C18H20N2O5S. The van der Waals surface area contributed by atoms with Crippen LogP contribution in [0.2, 0.25) is 0 Å². The second-order valence-corrected chi connectivity index (χ2v) is 7.57. The number of sulfonamides is 1. The number of nitrogens with one attached hydrogen (secondary N) is 2. The molecule has 2 aromatic rings. The molecule has 26 heavy (non-hydrogen) atoms. The molecule has 0 bridgehead atoms. The summed E-state index contributed by atoms with van der Waals surface area (Å²) in [6.45, 7) is 3.37. The van der Waals surface area contributed by atoms with Crippen LogP contribution in [0.15, 0.2) is 48.5 Å². The Morgan fingerprint density at radius 2 is 1.65 bits per heavy atom. The standard InChI is InChI=1S/C18H20N2O5S/c1-12-8-10-14(11-9-12)19-17(21)13(2)25-18(22)15-6-4-5-7-16(15)20-26(3,23)24/h4-11,13,20H,1-3H3,(H,19,21)/t13-/m0/s1. The van der Waals surface area contributed by atoms with Gasteiger partial charge in [0.2, 0.25) is 10.0 Å². The molecule has 0 heterocycles. The van der Waals surface area contributed by atoms with Gasteiger partial charge in [0.05, 0.1) is 17.5 Å². The van der Waals surface area contributed by atoms with Crippen LogP contribution in [-0.2, 0) is 19.6 Å². The van der Waals surface area contributed by atoms with Gasteiger partial charge in [-0.15, -0.1) is 0 Å². The summed E-state index contributed by atoms with van der Waals surface area (Å²) in [5.41, 5.74) is 1.75. The predicted molar refractivity (Wildman–Crippen MR) is 99.6 cm³/mol. The minimum Gasteiger partial charge on any atom is -0.449 e. The molecule has 8 heteroatoms. The Morgan fingerprint density at radius 3 is 2.27 bits per heavy atom. The van der Waals surface area contributed by atoms with E-state index >= 15 is 0 Å². The maximum atomic E-state index is 12.3. The maximum absolute atomic E-state index is 12.3. The van der Waals surface area contributed by atoms with E-state index in [1.807, 2.05) is 19.1 Å². The minimum absolute atomic E-state index is 0.0212. The molecule has 0 aliphatic carbocycles. The van der Waals surface area contributed by atoms with Gasteiger partial charge in [-0.3, -0.25) is 9.52 Å². The van der Waals surface area contributed by atoms with Crippen molar-refractivity contribution in [3.63, 3.8) is 0 Å². The Labute approximate surface area is 152 Å². The summed E-state index contributed by atoms with van der Waals surface area (Å²) in [5, 5.41) is 2.65. The molecule has 0 saturated carbocycles. The number of esters is 1. The number of anilines is 2. The zero-order valence-electron chi connectivity index (χ0n) is 14.6. The summed E-state index contributed by atoms with van der Waals surface area (Å²) in [6.07, 6.45) is -0.0812. The fourth-order valence-corrected chi connectivity index (χ4v) is 2.69. The molecule has 0 radical (unpaired) electrons. The maximum Gasteiger partial charge on any atom is 0.341 e. The van der Waals surface area contributed by atoms with Crippen molar-refractivity contribution in [3.8, 4) is 0 Å². The highest BCUT2D eigenvalue weighted by Gasteiger charge is 2.21. The second kappa shape index (κ2) is 8.01. The van der Waals surface area contributed by atoms with Crippen LogP contribution in [0.5, 0.6) is 0 Å². The molecule has 0 saturated heterocycles. The number of ether oxygens (including phenoxy) is 1. The Morgan fingerprint density at radius 1 is 1.04 bits per heavy atom. The van der Waals surface area contributed by atoms with Crippen molar-refractivity contribution in [2.45, 2.75) is 20.0 Å². The number of aryl methyl sites for hydroxylation is 1. The van der Waals surface area contributed by atoms with Gasteiger partial charge in [-0.05, 0) is 38.1 Å². The van der Waals surface area contributed by atoms with Gasteiger partial charge in [-0.1, -0.05) is 29.8 Å². The first-order chi connectivity index (χ1) is 12.2. The Hall–Kier alpha value is -2.87. The number of benzene rings is 2. The first-order valence-electron chi connectivity index (χ1n) is 7.81. The van der Waals surface area contributed by atoms with E-state index in [-0.39, 0.29) is 11.3 Å². The normalized spacial score (nSPS) is 12.1. The van der Waals surface area contributed by atoms with E-state index in [0.29, 0.717) is 5.69 Å². The van der Waals surface area contributed by atoms with Crippen molar-refractivity contribution in [2.24, 2.45) is 0 Å². The van der Waals surface area contributed by atoms with E-state index in [1.165, 1.54) is 19.1 Å². The van der Waals surface area contributed by atoms with Crippen LogP contribution < -0.4 is 10.0 Å². The highest BCUT2D eigenvalue weighted by molar-refractivity contribution is 7.92. The molecule has 1 atom stereocenters. The number of para-hydroxylation sites is 1. The fraction of sp³-hybridized carbons (Fsp3) is 0.222. The lowest BCUT2D eigenvalue weighted by molar-refractivity contribution is -0.123. The van der Waals surface area contributed by atoms with E-state index in [2.05, 4.69) is 10.0 Å². The fourth-order valence-electron chi connectivity index (χ4n) is 2.11. The lowest BCUT2D eigenvalue weighted by Crippen LogP contribution is -2.30. The van der Waals surface area contributed by atoms with E-state index in [0.717, 1.165) is 11.8 Å². The van der Waals surface area contributed by atoms with Crippen LogP contribution in [0, 0.1) is 6.92 Å². The van der Waals surface area contributed by atoms with Crippen molar-refractivity contribution in [3.05, 3.63) is 59.7 Å². The third-order valence-electron chi connectivity index (χ3n) is 3.41. The van der Waals surface area contributed by atoms with Crippen molar-refractivity contribution < 1.29 is 22.7 Å². The van der Waals surface area contributed by atoms with Gasteiger partial charge < -0.3 is 10.1 Å². The van der Waals surface area contributed by atoms with Gasteiger partial charge in [0.1, 0.15) is 0 Å². The quantitative estimate of drug-likeness (QED) is 0.755. The summed E-state index contributed by atoms with van der Waals surface area (Å²) in [6, 6.07) is 13.2. The summed E-state index contributed by atoms with van der Waals surface area (Å²) < 4.78 is 30.2. The largest absolute Gasteiger partial charge is 0.449 e. The summed E-state index contributed by atoms with van der Waals surface area (Å²) in [7, 11) is -3.56. The Balaban J connectivity index is 2.07. The van der Waals surface area contributed by atoms with Crippen molar-refractivity contribution >= 4 is 33.3 Å². The molecule has 1 amide bonds. The van der Waals surface area contributed by atoms with Crippen LogP contribution in [0.25, 0.3) is 0 Å². The predicted octanol–water partition coefficient (Wildman–Crippen LogP) is 2.55. The summed E-state index contributed by atoms with van der Waals surface area (Å²) in [4.78, 5) is 24.5. The van der Waals surface area contributed by atoms with Gasteiger partial charge in [-0.2, -0.15) is 0 Å². The summed E-state index contributed by atoms with van der Waals surface area (Å²) in [5.74, 6) is -1.29. The second-order valence-electron chi connectivity index (χ2n) is 5.82. The number of hydrogen-bond donors (Lipinski definition) is 2. The van der Waals surface area contributed by atoms with Crippen molar-refractivity contribution in [2.75, 3.05) is 16.3 Å². The average molecular weight is 376 g/mol. The molecular weight excluding hydrogens is 356 g/mol. The summed E-state index contributed by atoms with van der Waals surface area (Å²) >= 11 is 0. The first kappa shape index (κ1) is 19.5. The van der Waals surface area contributed by atoms with Crippen LogP contribution in [-0.4, -0.2) is 32.7 Å². The highest BCUT2D eigenvalue weighted by Crippen LogP contribution is 2.18. The van der Waals surface area contributed by atoms with E-state index in [4.69, 9.17) is 4.74 Å². The van der Waals surface area contributed by atoms with Crippen molar-refractivity contribution in [1.29, 1.82) is 0 Å². The molecule has 0 fully saturated rings. The van der Waals surface area contributed by atoms with Gasteiger partial charge in [-0.25, -0.2) is 13.2 Å². The van der Waals surface area contributed by atoms with Gasteiger partial charge >= 0.3 is 5.97 Å². The van der Waals surface area contributed by atoms with Gasteiger partial charge in [0, 0.05) is 5.69 Å². The molecule has 2 N–H and O–H groups in total. The molecule has 0 aliphatic rings. The van der Waals surface area contributed by atoms with E-state index in [9.17, 15) is 18.0 Å². The average Bonchev–Trinajstić information content (AvgIpc) is 2.55. The number of hydrogen-bond acceptors (Lipinski definition) is 5. The molecule has 7 nitrogen and oxygen atoms in total. The Kier molecular flexibility index (Phi) is 5.99.